The number of rotatable bonds is 6. The van der Waals surface area contributed by atoms with Gasteiger partial charge >= 0.3 is 0 Å². The van der Waals surface area contributed by atoms with Crippen LogP contribution in [0.5, 0.6) is 11.5 Å². The normalized spacial score (nSPS) is 13.1. The van der Waals surface area contributed by atoms with Gasteiger partial charge in [-0.1, -0.05) is 24.3 Å². The highest BCUT2D eigenvalue weighted by Gasteiger charge is 2.25. The Hall–Kier alpha value is -3.69. The summed E-state index contributed by atoms with van der Waals surface area (Å²) in [4.78, 5) is 4.26. The first kappa shape index (κ1) is 22.1. The van der Waals surface area contributed by atoms with Crippen LogP contribution in [-0.4, -0.2) is 37.6 Å². The van der Waals surface area contributed by atoms with Crippen LogP contribution in [0.15, 0.2) is 78.1 Å². The molecule has 2 aromatic heterocycles. The number of pyridine rings is 1. The van der Waals surface area contributed by atoms with Gasteiger partial charge in [-0.25, -0.2) is 16.8 Å². The number of nitrogens with zero attached hydrogens (tertiary/aromatic N) is 2. The lowest BCUT2D eigenvalue weighted by Crippen LogP contribution is -2.16. The number of ether oxygens (including phenoxy) is 2. The Labute approximate surface area is 196 Å². The summed E-state index contributed by atoms with van der Waals surface area (Å²) in [5.41, 5.74) is 2.42. The van der Waals surface area contributed by atoms with E-state index in [9.17, 15) is 12.8 Å². The van der Waals surface area contributed by atoms with Gasteiger partial charge in [-0.15, -0.1) is 0 Å². The number of benzene rings is 2. The first-order valence-corrected chi connectivity index (χ1v) is 12.1. The molecule has 0 aliphatic carbocycles. The third-order valence-corrected chi connectivity index (χ3v) is 7.20. The van der Waals surface area contributed by atoms with Gasteiger partial charge in [0.25, 0.3) is 10.0 Å². The number of aromatic nitrogens is 2. The summed E-state index contributed by atoms with van der Waals surface area (Å²) in [5, 5.41) is 3.01. The fourth-order valence-corrected chi connectivity index (χ4v) is 5.42. The van der Waals surface area contributed by atoms with Crippen molar-refractivity contribution in [2.24, 2.45) is 0 Å². The van der Waals surface area contributed by atoms with Crippen molar-refractivity contribution in [1.82, 2.24) is 14.3 Å². The maximum Gasteiger partial charge on any atom is 0.268 e. The molecular weight excluding hydrogens is 457 g/mol. The van der Waals surface area contributed by atoms with Crippen LogP contribution in [0.1, 0.15) is 5.56 Å². The van der Waals surface area contributed by atoms with Gasteiger partial charge in [0.05, 0.1) is 16.8 Å². The molecule has 0 atom stereocenters. The van der Waals surface area contributed by atoms with Gasteiger partial charge in [0.2, 0.25) is 0 Å². The van der Waals surface area contributed by atoms with E-state index in [1.165, 1.54) is 18.3 Å². The average molecular weight is 480 g/mol. The molecule has 9 heteroatoms. The highest BCUT2D eigenvalue weighted by atomic mass is 32.2. The topological polar surface area (TPSA) is 82.5 Å². The lowest BCUT2D eigenvalue weighted by atomic mass is 10.1. The van der Waals surface area contributed by atoms with E-state index in [0.29, 0.717) is 47.9 Å². The van der Waals surface area contributed by atoms with Crippen molar-refractivity contribution in [2.45, 2.75) is 11.4 Å². The number of hydrogen-bond acceptors (Lipinski definition) is 6. The minimum atomic E-state index is -4.05. The summed E-state index contributed by atoms with van der Waals surface area (Å²) in [7, 11) is -2.29. The van der Waals surface area contributed by atoms with E-state index in [2.05, 4.69) is 10.3 Å². The third kappa shape index (κ3) is 3.93. The van der Waals surface area contributed by atoms with E-state index in [-0.39, 0.29) is 16.2 Å². The maximum atomic E-state index is 14.6. The molecule has 1 N–H and O–H groups in total. The molecule has 0 unspecified atom stereocenters. The molecule has 1 aliphatic rings. The molecule has 34 heavy (non-hydrogen) atoms. The highest BCUT2D eigenvalue weighted by molar-refractivity contribution is 7.90. The van der Waals surface area contributed by atoms with Crippen LogP contribution >= 0.6 is 0 Å². The lowest BCUT2D eigenvalue weighted by Gasteiger charge is -2.20. The minimum absolute atomic E-state index is 0.0588. The Bertz CT molecular complexity index is 1470. The molecule has 0 spiro atoms. The summed E-state index contributed by atoms with van der Waals surface area (Å²) < 4.78 is 54.7. The van der Waals surface area contributed by atoms with Crippen molar-refractivity contribution < 1.29 is 22.3 Å². The number of fused-ring (bicyclic) bond motifs is 1. The fraction of sp³-hybridized carbons (Fsp3) is 0.160. The first-order valence-electron chi connectivity index (χ1n) is 10.7. The summed E-state index contributed by atoms with van der Waals surface area (Å²) in [5.74, 6) is 0.544. The standard InChI is InChI=1S/C25H22FN3O4S/c1-27-13-17-11-23(20-7-2-3-8-22(20)26)29(16-17)34(30,31)19-6-4-5-18(12-19)21-14-28-15-24-25(21)33-10-9-32-24/h2-8,11-12,14-16,27H,9-10,13H2,1H3. The van der Waals surface area contributed by atoms with Crippen molar-refractivity contribution in [3.05, 3.63) is 84.6 Å². The molecule has 0 saturated carbocycles. The second-order valence-electron chi connectivity index (χ2n) is 7.78. The molecule has 174 valence electrons. The smallest absolute Gasteiger partial charge is 0.268 e. The molecule has 7 nitrogen and oxygen atoms in total. The molecular formula is C25H22FN3O4S. The SMILES string of the molecule is CNCc1cc(-c2ccccc2F)n(S(=O)(=O)c2cccc(-c3cncc4c3OCCO4)c2)c1. The fourth-order valence-electron chi connectivity index (χ4n) is 3.98. The summed E-state index contributed by atoms with van der Waals surface area (Å²) in [6.07, 6.45) is 4.70. The molecule has 1 aliphatic heterocycles. The molecule has 5 rings (SSSR count). The Morgan fingerprint density at radius 2 is 1.85 bits per heavy atom. The maximum absolute atomic E-state index is 14.6. The molecule has 0 saturated heterocycles. The molecule has 3 heterocycles. The van der Waals surface area contributed by atoms with Crippen LogP contribution < -0.4 is 14.8 Å². The van der Waals surface area contributed by atoms with Crippen molar-refractivity contribution >= 4 is 10.0 Å². The molecule has 0 bridgehead atoms. The van der Waals surface area contributed by atoms with E-state index in [4.69, 9.17) is 9.47 Å². The van der Waals surface area contributed by atoms with Crippen LogP contribution in [-0.2, 0) is 16.6 Å². The van der Waals surface area contributed by atoms with Gasteiger partial charge in [-0.2, -0.15) is 0 Å². The zero-order valence-electron chi connectivity index (χ0n) is 18.4. The Kier molecular flexibility index (Phi) is 5.80. The Morgan fingerprint density at radius 3 is 2.68 bits per heavy atom. The Morgan fingerprint density at radius 1 is 1.03 bits per heavy atom. The average Bonchev–Trinajstić information content (AvgIpc) is 3.29. The predicted molar refractivity (Wildman–Crippen MR) is 126 cm³/mol. The summed E-state index contributed by atoms with van der Waals surface area (Å²) in [6, 6.07) is 14.3. The lowest BCUT2D eigenvalue weighted by molar-refractivity contribution is 0.171. The van der Waals surface area contributed by atoms with Crippen molar-refractivity contribution in [1.29, 1.82) is 0 Å². The van der Waals surface area contributed by atoms with Crippen molar-refractivity contribution in [3.8, 4) is 33.9 Å². The zero-order chi connectivity index (χ0) is 23.7. The van der Waals surface area contributed by atoms with E-state index >= 15 is 0 Å². The van der Waals surface area contributed by atoms with Crippen LogP contribution in [0, 0.1) is 5.82 Å². The largest absolute Gasteiger partial charge is 0.485 e. The number of hydrogen-bond donors (Lipinski definition) is 1. The van der Waals surface area contributed by atoms with Crippen LogP contribution in [0.2, 0.25) is 0 Å². The van der Waals surface area contributed by atoms with Gasteiger partial charge < -0.3 is 14.8 Å². The van der Waals surface area contributed by atoms with E-state index in [1.54, 1.807) is 61.9 Å². The predicted octanol–water partition coefficient (Wildman–Crippen LogP) is 4.08. The number of nitrogens with one attached hydrogen (secondary N) is 1. The molecule has 2 aromatic carbocycles. The second-order valence-corrected chi connectivity index (χ2v) is 9.60. The first-order chi connectivity index (χ1) is 16.5. The molecule has 4 aromatic rings. The quantitative estimate of drug-likeness (QED) is 0.449. The summed E-state index contributed by atoms with van der Waals surface area (Å²) >= 11 is 0. The van der Waals surface area contributed by atoms with Gasteiger partial charge in [0.15, 0.2) is 11.5 Å². The zero-order valence-corrected chi connectivity index (χ0v) is 19.2. The number of halogens is 1. The summed E-state index contributed by atoms with van der Waals surface area (Å²) in [6.45, 7) is 1.25. The minimum Gasteiger partial charge on any atom is -0.485 e. The van der Waals surface area contributed by atoms with Gasteiger partial charge in [0, 0.05) is 30.1 Å². The molecule has 0 amide bonds. The monoisotopic (exact) mass is 479 g/mol. The van der Waals surface area contributed by atoms with E-state index < -0.39 is 15.8 Å². The third-order valence-electron chi connectivity index (χ3n) is 5.53. The van der Waals surface area contributed by atoms with Crippen molar-refractivity contribution in [3.63, 3.8) is 0 Å². The van der Waals surface area contributed by atoms with Crippen LogP contribution in [0.4, 0.5) is 4.39 Å². The second kappa shape index (κ2) is 8.92. The molecule has 0 radical (unpaired) electrons. The highest BCUT2D eigenvalue weighted by Crippen LogP contribution is 2.39. The van der Waals surface area contributed by atoms with Gasteiger partial charge in [-0.3, -0.25) is 4.98 Å². The van der Waals surface area contributed by atoms with Gasteiger partial charge in [0.1, 0.15) is 19.0 Å². The van der Waals surface area contributed by atoms with Crippen LogP contribution in [0.3, 0.4) is 0 Å². The van der Waals surface area contributed by atoms with Crippen molar-refractivity contribution in [2.75, 3.05) is 20.3 Å². The van der Waals surface area contributed by atoms with E-state index in [1.807, 2.05) is 0 Å². The van der Waals surface area contributed by atoms with Crippen LogP contribution in [0.25, 0.3) is 22.4 Å². The van der Waals surface area contributed by atoms with E-state index in [0.717, 1.165) is 3.97 Å². The van der Waals surface area contributed by atoms with Gasteiger partial charge in [-0.05, 0) is 48.5 Å². The molecule has 0 fully saturated rings. The Balaban J connectivity index is 1.63.